The molecule has 5 nitrogen and oxygen atoms in total. The van der Waals surface area contributed by atoms with Gasteiger partial charge in [-0.25, -0.2) is 13.4 Å². The van der Waals surface area contributed by atoms with Gasteiger partial charge in [-0.05, 0) is 24.6 Å². The van der Waals surface area contributed by atoms with Gasteiger partial charge in [-0.1, -0.05) is 59.9 Å². The van der Waals surface area contributed by atoms with Crippen LogP contribution in [-0.2, 0) is 16.4 Å². The summed E-state index contributed by atoms with van der Waals surface area (Å²) < 4.78 is 25.2. The average Bonchev–Trinajstić information content (AvgIpc) is 3.04. The maximum atomic E-state index is 12.6. The van der Waals surface area contributed by atoms with Crippen LogP contribution in [0.3, 0.4) is 0 Å². The molecular formula is C18H16N2O3S2. The monoisotopic (exact) mass is 372 g/mol. The molecule has 1 aromatic heterocycles. The lowest BCUT2D eigenvalue weighted by molar-refractivity contribution is 0.0954. The van der Waals surface area contributed by atoms with E-state index in [1.54, 1.807) is 25.1 Å². The smallest absolute Gasteiger partial charge is 0.263 e. The number of hydrogen-bond acceptors (Lipinski definition) is 5. The molecule has 3 rings (SSSR count). The zero-order valence-electron chi connectivity index (χ0n) is 13.5. The minimum atomic E-state index is -3.71. The van der Waals surface area contributed by atoms with E-state index in [1.165, 1.54) is 12.1 Å². The first-order valence-electron chi connectivity index (χ1n) is 7.58. The molecule has 2 aromatic carbocycles. The molecule has 0 saturated heterocycles. The maximum Gasteiger partial charge on any atom is 0.263 e. The molecule has 0 radical (unpaired) electrons. The fourth-order valence-corrected chi connectivity index (χ4v) is 4.92. The topological polar surface area (TPSA) is 76.1 Å². The molecule has 0 saturated carbocycles. The third-order valence-corrected chi connectivity index (χ3v) is 6.87. The predicted octanol–water partition coefficient (Wildman–Crippen LogP) is 3.21. The molecule has 25 heavy (non-hydrogen) atoms. The van der Waals surface area contributed by atoms with E-state index in [2.05, 4.69) is 10.3 Å². The van der Waals surface area contributed by atoms with Gasteiger partial charge in [0, 0.05) is 6.54 Å². The molecule has 1 amide bonds. The average molecular weight is 372 g/mol. The van der Waals surface area contributed by atoms with Crippen LogP contribution in [-0.4, -0.2) is 19.3 Å². The second-order valence-corrected chi connectivity index (χ2v) is 8.50. The number of sulfone groups is 1. The van der Waals surface area contributed by atoms with Crippen LogP contribution < -0.4 is 5.32 Å². The number of amides is 1. The Bertz CT molecular complexity index is 982. The van der Waals surface area contributed by atoms with Crippen molar-refractivity contribution in [1.82, 2.24) is 10.3 Å². The van der Waals surface area contributed by atoms with Crippen LogP contribution in [0.2, 0.25) is 0 Å². The van der Waals surface area contributed by atoms with Crippen molar-refractivity contribution in [3.8, 4) is 0 Å². The van der Waals surface area contributed by atoms with Crippen LogP contribution in [0.15, 0.2) is 69.9 Å². The largest absolute Gasteiger partial charge is 0.347 e. The van der Waals surface area contributed by atoms with Crippen LogP contribution >= 0.6 is 11.3 Å². The first-order chi connectivity index (χ1) is 12.0. The van der Waals surface area contributed by atoms with Gasteiger partial charge in [-0.15, -0.1) is 0 Å². The Hall–Kier alpha value is -2.51. The molecule has 0 spiro atoms. The molecule has 1 N–H and O–H groups in total. The first kappa shape index (κ1) is 17.3. The van der Waals surface area contributed by atoms with E-state index >= 15 is 0 Å². The third-order valence-electron chi connectivity index (χ3n) is 3.56. The van der Waals surface area contributed by atoms with Crippen LogP contribution in [0.1, 0.15) is 20.9 Å². The Kier molecular flexibility index (Phi) is 4.96. The molecule has 1 heterocycles. The zero-order valence-corrected chi connectivity index (χ0v) is 15.1. The van der Waals surface area contributed by atoms with E-state index in [-0.39, 0.29) is 15.1 Å². The van der Waals surface area contributed by atoms with E-state index in [4.69, 9.17) is 0 Å². The fraction of sp³-hybridized carbons (Fsp3) is 0.111. The third kappa shape index (κ3) is 3.78. The number of carbonyl (C=O) groups excluding carboxylic acids is 1. The highest BCUT2D eigenvalue weighted by Crippen LogP contribution is 2.27. The predicted molar refractivity (Wildman–Crippen MR) is 96.4 cm³/mol. The molecule has 0 aliphatic carbocycles. The molecule has 0 unspecified atom stereocenters. The summed E-state index contributed by atoms with van der Waals surface area (Å²) >= 11 is 0.893. The van der Waals surface area contributed by atoms with Crippen molar-refractivity contribution in [3.05, 3.63) is 76.8 Å². The molecule has 128 valence electrons. The Morgan fingerprint density at radius 3 is 2.28 bits per heavy atom. The number of carbonyl (C=O) groups is 1. The molecule has 0 aliphatic heterocycles. The van der Waals surface area contributed by atoms with E-state index in [1.807, 2.05) is 30.3 Å². The summed E-state index contributed by atoms with van der Waals surface area (Å²) in [5.74, 6) is -0.326. The second-order valence-electron chi connectivity index (χ2n) is 5.38. The maximum absolute atomic E-state index is 12.6. The van der Waals surface area contributed by atoms with Gasteiger partial charge in [0.1, 0.15) is 4.88 Å². The van der Waals surface area contributed by atoms with Crippen molar-refractivity contribution in [2.45, 2.75) is 22.7 Å². The van der Waals surface area contributed by atoms with Gasteiger partial charge in [-0.2, -0.15) is 0 Å². The van der Waals surface area contributed by atoms with Crippen molar-refractivity contribution in [2.24, 2.45) is 0 Å². The minimum absolute atomic E-state index is 0.0685. The summed E-state index contributed by atoms with van der Waals surface area (Å²) in [7, 11) is -3.71. The van der Waals surface area contributed by atoms with E-state index in [0.29, 0.717) is 17.1 Å². The van der Waals surface area contributed by atoms with Gasteiger partial charge in [-0.3, -0.25) is 4.79 Å². The van der Waals surface area contributed by atoms with Gasteiger partial charge in [0.25, 0.3) is 5.91 Å². The molecule has 0 atom stereocenters. The van der Waals surface area contributed by atoms with Crippen LogP contribution in [0.25, 0.3) is 0 Å². The molecule has 7 heteroatoms. The van der Waals surface area contributed by atoms with Gasteiger partial charge in [0.2, 0.25) is 14.2 Å². The Morgan fingerprint density at radius 2 is 1.64 bits per heavy atom. The number of rotatable bonds is 5. The van der Waals surface area contributed by atoms with Gasteiger partial charge < -0.3 is 5.32 Å². The summed E-state index contributed by atoms with van der Waals surface area (Å²) in [6.45, 7) is 2.01. The van der Waals surface area contributed by atoms with E-state index in [9.17, 15) is 13.2 Å². The zero-order chi connectivity index (χ0) is 17.9. The number of hydrogen-bond donors (Lipinski definition) is 1. The second kappa shape index (κ2) is 7.16. The number of nitrogens with zero attached hydrogens (tertiary/aromatic N) is 1. The van der Waals surface area contributed by atoms with Crippen molar-refractivity contribution in [3.63, 3.8) is 0 Å². The Balaban J connectivity index is 1.82. The van der Waals surface area contributed by atoms with E-state index in [0.717, 1.165) is 16.9 Å². The summed E-state index contributed by atoms with van der Waals surface area (Å²) in [6, 6.07) is 17.6. The number of nitrogens with one attached hydrogen (secondary N) is 1. The highest BCUT2D eigenvalue weighted by atomic mass is 32.2. The standard InChI is InChI=1S/C18H16N2O3S2/c1-13-16(17(21)19-12-14-8-4-2-5-9-14)24-18(20-13)25(22,23)15-10-6-3-7-11-15/h2-11H,12H2,1H3,(H,19,21). The summed E-state index contributed by atoms with van der Waals surface area (Å²) in [5.41, 5.74) is 1.38. The van der Waals surface area contributed by atoms with Crippen molar-refractivity contribution in [1.29, 1.82) is 0 Å². The normalized spacial score (nSPS) is 11.2. The van der Waals surface area contributed by atoms with Crippen molar-refractivity contribution in [2.75, 3.05) is 0 Å². The lowest BCUT2D eigenvalue weighted by Crippen LogP contribution is -2.22. The van der Waals surface area contributed by atoms with Crippen LogP contribution in [0.5, 0.6) is 0 Å². The van der Waals surface area contributed by atoms with Crippen LogP contribution in [0, 0.1) is 6.92 Å². The van der Waals surface area contributed by atoms with E-state index < -0.39 is 9.84 Å². The number of thiazole rings is 1. The Labute approximate surface area is 150 Å². The highest BCUT2D eigenvalue weighted by molar-refractivity contribution is 7.93. The summed E-state index contributed by atoms with van der Waals surface area (Å²) in [5, 5.41) is 2.80. The van der Waals surface area contributed by atoms with Crippen molar-refractivity contribution < 1.29 is 13.2 Å². The number of benzene rings is 2. The quantitative estimate of drug-likeness (QED) is 0.746. The minimum Gasteiger partial charge on any atom is -0.347 e. The first-order valence-corrected chi connectivity index (χ1v) is 9.88. The molecule has 0 aliphatic rings. The molecule has 3 aromatic rings. The Morgan fingerprint density at radius 1 is 1.04 bits per heavy atom. The highest BCUT2D eigenvalue weighted by Gasteiger charge is 2.25. The SMILES string of the molecule is Cc1nc(S(=O)(=O)c2ccccc2)sc1C(=O)NCc1ccccc1. The molecular weight excluding hydrogens is 356 g/mol. The number of aryl methyl sites for hydroxylation is 1. The lowest BCUT2D eigenvalue weighted by atomic mass is 10.2. The van der Waals surface area contributed by atoms with Crippen LogP contribution in [0.4, 0.5) is 0 Å². The summed E-state index contributed by atoms with van der Waals surface area (Å²) in [4.78, 5) is 17.0. The van der Waals surface area contributed by atoms with Gasteiger partial charge in [0.15, 0.2) is 0 Å². The number of aromatic nitrogens is 1. The van der Waals surface area contributed by atoms with Crippen molar-refractivity contribution >= 4 is 27.1 Å². The summed E-state index contributed by atoms with van der Waals surface area (Å²) in [6.07, 6.45) is 0. The molecule has 0 fully saturated rings. The van der Waals surface area contributed by atoms with Gasteiger partial charge in [0.05, 0.1) is 10.6 Å². The molecule has 0 bridgehead atoms. The lowest BCUT2D eigenvalue weighted by Gasteiger charge is -2.03. The fourth-order valence-electron chi connectivity index (χ4n) is 2.26. The van der Waals surface area contributed by atoms with Gasteiger partial charge >= 0.3 is 0 Å².